The van der Waals surface area contributed by atoms with Gasteiger partial charge in [0.05, 0.1) is 6.04 Å². The molecule has 0 aliphatic carbocycles. The highest BCUT2D eigenvalue weighted by Gasteiger charge is 2.33. The summed E-state index contributed by atoms with van der Waals surface area (Å²) in [5, 5.41) is 33.3. The van der Waals surface area contributed by atoms with Crippen LogP contribution in [0.25, 0.3) is 0 Å². The lowest BCUT2D eigenvalue weighted by Gasteiger charge is -2.28. The second-order valence-electron chi connectivity index (χ2n) is 16.6. The molecule has 344 valence electrons. The SMILES string of the molecule is CCCCCCCCCCCCCCCC(=O)N[C@H](C(=O)N[C@H](C(=O)N[C@@H](C)C(=O)N[C@@H](C)C(=O)N[C@@H](CCC(=O)O)C(=O)N[C@@H](CCC(=O)O)C(C)=O)C(C)C)C(C)C. The molecule has 0 aromatic carbocycles. The van der Waals surface area contributed by atoms with Crippen molar-refractivity contribution >= 4 is 53.2 Å². The van der Waals surface area contributed by atoms with E-state index in [2.05, 4.69) is 38.8 Å². The molecular formula is C43H76N6O11. The Bertz CT molecular complexity index is 1390. The van der Waals surface area contributed by atoms with E-state index in [-0.39, 0.29) is 31.1 Å². The monoisotopic (exact) mass is 853 g/mol. The molecule has 17 heteroatoms. The standard InChI is InChI=1S/C43H76N6O11/c1-9-10-11-12-13-14-15-16-17-18-19-20-21-22-34(51)48-37(27(2)3)43(60)49-38(28(4)5)42(59)45-29(6)39(56)44-30(7)40(57)47-33(24-26-36(54)55)41(58)46-32(31(8)50)23-25-35(52)53/h27-30,32-33,37-38H,9-26H2,1-8H3,(H,44,56)(H,45,59)(H,46,58)(H,47,57)(H,48,51)(H,49,60)(H,52,53)(H,54,55)/t29-,30-,32-,33-,37-,38-/m0/s1. The molecule has 0 unspecified atom stereocenters. The fraction of sp³-hybridized carbons (Fsp3) is 0.791. The summed E-state index contributed by atoms with van der Waals surface area (Å²) in [5.74, 6) is -7.71. The molecule has 6 atom stereocenters. The first-order chi connectivity index (χ1) is 28.2. The molecule has 17 nitrogen and oxygen atoms in total. The lowest BCUT2D eigenvalue weighted by molar-refractivity contribution is -0.139. The highest BCUT2D eigenvalue weighted by molar-refractivity contribution is 5.97. The fourth-order valence-electron chi connectivity index (χ4n) is 6.39. The second-order valence-corrected chi connectivity index (χ2v) is 16.6. The smallest absolute Gasteiger partial charge is 0.303 e. The van der Waals surface area contributed by atoms with Crippen molar-refractivity contribution in [2.75, 3.05) is 0 Å². The van der Waals surface area contributed by atoms with Gasteiger partial charge in [-0.3, -0.25) is 43.2 Å². The summed E-state index contributed by atoms with van der Waals surface area (Å²) in [7, 11) is 0. The Hall–Kier alpha value is -4.57. The van der Waals surface area contributed by atoms with Crippen LogP contribution in [0, 0.1) is 11.8 Å². The first-order valence-electron chi connectivity index (χ1n) is 22.0. The quantitative estimate of drug-likeness (QED) is 0.0428. The number of ketones is 1. The van der Waals surface area contributed by atoms with Crippen LogP contribution in [0.2, 0.25) is 0 Å². The average molecular weight is 853 g/mol. The molecule has 0 rings (SSSR count). The van der Waals surface area contributed by atoms with Crippen molar-refractivity contribution in [3.8, 4) is 0 Å². The van der Waals surface area contributed by atoms with Crippen molar-refractivity contribution in [2.24, 2.45) is 11.8 Å². The Morgan fingerprint density at radius 3 is 1.22 bits per heavy atom. The Balaban J connectivity index is 5.15. The van der Waals surface area contributed by atoms with Gasteiger partial charge in [-0.1, -0.05) is 112 Å². The van der Waals surface area contributed by atoms with Crippen LogP contribution in [-0.2, 0) is 43.2 Å². The Labute approximate surface area is 356 Å². The number of unbranched alkanes of at least 4 members (excludes halogenated alkanes) is 12. The highest BCUT2D eigenvalue weighted by Crippen LogP contribution is 2.14. The van der Waals surface area contributed by atoms with Crippen molar-refractivity contribution < 1.29 is 53.4 Å². The Kier molecular flexibility index (Phi) is 28.9. The van der Waals surface area contributed by atoms with Crippen molar-refractivity contribution in [1.29, 1.82) is 0 Å². The van der Waals surface area contributed by atoms with E-state index in [1.807, 2.05) is 0 Å². The molecule has 0 bridgehead atoms. The zero-order chi connectivity index (χ0) is 45.8. The summed E-state index contributed by atoms with van der Waals surface area (Å²) in [6, 6.07) is -7.06. The minimum Gasteiger partial charge on any atom is -0.481 e. The number of aliphatic carboxylic acids is 2. The summed E-state index contributed by atoms with van der Waals surface area (Å²) < 4.78 is 0. The third kappa shape index (κ3) is 25.1. The molecule has 6 amide bonds. The number of hydrogen-bond donors (Lipinski definition) is 8. The van der Waals surface area contributed by atoms with Gasteiger partial charge in [0, 0.05) is 19.3 Å². The third-order valence-corrected chi connectivity index (χ3v) is 10.3. The fourth-order valence-corrected chi connectivity index (χ4v) is 6.39. The van der Waals surface area contributed by atoms with Crippen LogP contribution in [0.4, 0.5) is 0 Å². The van der Waals surface area contributed by atoms with Gasteiger partial charge in [0.2, 0.25) is 35.4 Å². The summed E-state index contributed by atoms with van der Waals surface area (Å²) in [6.45, 7) is 13.0. The number of carboxylic acids is 2. The molecule has 0 heterocycles. The maximum Gasteiger partial charge on any atom is 0.303 e. The number of rotatable bonds is 34. The first kappa shape index (κ1) is 55.4. The van der Waals surface area contributed by atoms with Crippen molar-refractivity contribution in [1.82, 2.24) is 31.9 Å². The average Bonchev–Trinajstić information content (AvgIpc) is 3.16. The van der Waals surface area contributed by atoms with E-state index in [1.165, 1.54) is 71.6 Å². The molecule has 0 aromatic rings. The van der Waals surface area contributed by atoms with E-state index in [9.17, 15) is 43.2 Å². The first-order valence-corrected chi connectivity index (χ1v) is 22.0. The lowest BCUT2D eigenvalue weighted by Crippen LogP contribution is -2.59. The topological polar surface area (TPSA) is 266 Å². The number of nitrogens with one attached hydrogen (secondary N) is 6. The molecule has 8 N–H and O–H groups in total. The van der Waals surface area contributed by atoms with E-state index >= 15 is 0 Å². The van der Waals surface area contributed by atoms with Crippen LogP contribution >= 0.6 is 0 Å². The number of carbonyl (C=O) groups is 9. The van der Waals surface area contributed by atoms with Gasteiger partial charge in [0.25, 0.3) is 0 Å². The van der Waals surface area contributed by atoms with Gasteiger partial charge >= 0.3 is 11.9 Å². The van der Waals surface area contributed by atoms with Crippen LogP contribution < -0.4 is 31.9 Å². The normalized spacial score (nSPS) is 14.2. The third-order valence-electron chi connectivity index (χ3n) is 10.3. The lowest BCUT2D eigenvalue weighted by atomic mass is 9.99. The minimum absolute atomic E-state index is 0.220. The maximum absolute atomic E-state index is 13.4. The van der Waals surface area contributed by atoms with E-state index in [0.29, 0.717) is 6.42 Å². The van der Waals surface area contributed by atoms with Crippen LogP contribution in [0.15, 0.2) is 0 Å². The molecule has 0 saturated carbocycles. The van der Waals surface area contributed by atoms with Gasteiger partial charge in [-0.25, -0.2) is 0 Å². The molecular weight excluding hydrogens is 777 g/mol. The van der Waals surface area contributed by atoms with Crippen LogP contribution in [0.1, 0.15) is 171 Å². The van der Waals surface area contributed by atoms with Crippen LogP contribution in [0.5, 0.6) is 0 Å². The predicted molar refractivity (Wildman–Crippen MR) is 227 cm³/mol. The van der Waals surface area contributed by atoms with E-state index in [4.69, 9.17) is 10.2 Å². The summed E-state index contributed by atoms with van der Waals surface area (Å²) in [5.41, 5.74) is 0. The highest BCUT2D eigenvalue weighted by atomic mass is 16.4. The van der Waals surface area contributed by atoms with Gasteiger partial charge in [0.1, 0.15) is 30.2 Å². The second kappa shape index (κ2) is 31.3. The van der Waals surface area contributed by atoms with Gasteiger partial charge in [-0.2, -0.15) is 0 Å². The number of Topliss-reactive ketones (excluding diaryl/α,β-unsaturated/α-hetero) is 1. The maximum atomic E-state index is 13.4. The Morgan fingerprint density at radius 1 is 0.417 bits per heavy atom. The molecule has 0 spiro atoms. The van der Waals surface area contributed by atoms with Crippen LogP contribution in [0.3, 0.4) is 0 Å². The molecule has 0 fully saturated rings. The largest absolute Gasteiger partial charge is 0.481 e. The minimum atomic E-state index is -1.44. The molecule has 0 radical (unpaired) electrons. The predicted octanol–water partition coefficient (Wildman–Crippen LogP) is 4.05. The van der Waals surface area contributed by atoms with Crippen molar-refractivity contribution in [3.05, 3.63) is 0 Å². The summed E-state index contributed by atoms with van der Waals surface area (Å²) >= 11 is 0. The van der Waals surface area contributed by atoms with Gasteiger partial charge in [0.15, 0.2) is 5.78 Å². The van der Waals surface area contributed by atoms with E-state index < -0.39 is 102 Å². The number of hydrogen-bond acceptors (Lipinski definition) is 9. The Morgan fingerprint density at radius 2 is 0.783 bits per heavy atom. The van der Waals surface area contributed by atoms with Crippen molar-refractivity contribution in [2.45, 2.75) is 207 Å². The molecule has 60 heavy (non-hydrogen) atoms. The van der Waals surface area contributed by atoms with Gasteiger partial charge in [-0.15, -0.1) is 0 Å². The number of carboxylic acid groups (broad SMARTS) is 2. The number of amides is 6. The summed E-state index contributed by atoms with van der Waals surface area (Å²) in [4.78, 5) is 113. The van der Waals surface area contributed by atoms with E-state index in [0.717, 1.165) is 26.2 Å². The van der Waals surface area contributed by atoms with Crippen LogP contribution in [-0.4, -0.2) is 99.6 Å². The van der Waals surface area contributed by atoms with Gasteiger partial charge < -0.3 is 42.1 Å². The van der Waals surface area contributed by atoms with E-state index in [1.54, 1.807) is 27.7 Å². The molecule has 0 aromatic heterocycles. The summed E-state index contributed by atoms with van der Waals surface area (Å²) in [6.07, 6.45) is 14.2. The zero-order valence-corrected chi connectivity index (χ0v) is 37.4. The van der Waals surface area contributed by atoms with Crippen molar-refractivity contribution in [3.63, 3.8) is 0 Å². The van der Waals surface area contributed by atoms with Gasteiger partial charge in [-0.05, 0) is 51.9 Å². The molecule has 0 aliphatic rings. The molecule has 0 aliphatic heterocycles. The number of carbonyl (C=O) groups excluding carboxylic acids is 7. The zero-order valence-electron chi connectivity index (χ0n) is 37.4. The molecule has 0 saturated heterocycles.